The molecule has 0 fully saturated rings. The van der Waals surface area contributed by atoms with Gasteiger partial charge in [0.2, 0.25) is 9.84 Å². The monoisotopic (exact) mass is 436 g/mol. The third kappa shape index (κ3) is 5.09. The zero-order valence-corrected chi connectivity index (χ0v) is 19.3. The minimum Gasteiger partial charge on any atom is -0.338 e. The maximum atomic E-state index is 12.7. The number of Topliss-reactive ketones (excluding diaryl/α,β-unsaturated/α-hetero) is 1. The molecule has 0 atom stereocenters. The third-order valence-electron chi connectivity index (χ3n) is 4.38. The van der Waals surface area contributed by atoms with Crippen molar-refractivity contribution in [2.24, 2.45) is 0 Å². The molecule has 0 aliphatic rings. The summed E-state index contributed by atoms with van der Waals surface area (Å²) in [5.74, 6) is 0.533. The predicted molar refractivity (Wildman–Crippen MR) is 126 cm³/mol. The van der Waals surface area contributed by atoms with Gasteiger partial charge in [-0.25, -0.2) is 13.4 Å². The van der Waals surface area contributed by atoms with E-state index in [1.54, 1.807) is 66.7 Å². The van der Waals surface area contributed by atoms with Crippen LogP contribution in [0.15, 0.2) is 82.6 Å². The summed E-state index contributed by atoms with van der Waals surface area (Å²) in [4.78, 5) is 20.0. The fraction of sp³-hybridized carbons (Fsp3) is 0.200. The highest BCUT2D eigenvalue weighted by molar-refractivity contribution is 7.91. The summed E-state index contributed by atoms with van der Waals surface area (Å²) >= 11 is 0. The molecule has 162 valence electrons. The van der Waals surface area contributed by atoms with E-state index in [2.05, 4.69) is 9.97 Å². The summed E-state index contributed by atoms with van der Waals surface area (Å²) in [6.07, 6.45) is 0. The third-order valence-corrected chi connectivity index (χ3v) is 6.17. The van der Waals surface area contributed by atoms with E-state index in [4.69, 9.17) is 0 Å². The Balaban J connectivity index is 0.000000807. The molecule has 4 rings (SSSR count). The number of H-pyrrole nitrogens is 1. The number of aromatic nitrogens is 2. The van der Waals surface area contributed by atoms with Crippen LogP contribution in [0.1, 0.15) is 45.0 Å². The van der Waals surface area contributed by atoms with Gasteiger partial charge >= 0.3 is 0 Å². The van der Waals surface area contributed by atoms with Crippen LogP contribution in [0.5, 0.6) is 0 Å². The van der Waals surface area contributed by atoms with Gasteiger partial charge in [-0.15, -0.1) is 0 Å². The summed E-state index contributed by atoms with van der Waals surface area (Å²) < 4.78 is 25.4. The highest BCUT2D eigenvalue weighted by atomic mass is 32.2. The Morgan fingerprint density at radius 2 is 1.35 bits per heavy atom. The second-order valence-corrected chi connectivity index (χ2v) is 8.13. The molecule has 31 heavy (non-hydrogen) atoms. The number of fused-ring (bicyclic) bond motifs is 1. The molecule has 0 amide bonds. The zero-order valence-electron chi connectivity index (χ0n) is 18.5. The predicted octanol–water partition coefficient (Wildman–Crippen LogP) is 6.32. The summed E-state index contributed by atoms with van der Waals surface area (Å²) in [5, 5.41) is 0. The molecule has 0 bridgehead atoms. The number of para-hydroxylation sites is 1. The second-order valence-electron chi connectivity index (χ2n) is 6.18. The average Bonchev–Trinajstić information content (AvgIpc) is 3.27. The van der Waals surface area contributed by atoms with Crippen LogP contribution in [0.3, 0.4) is 0 Å². The molecule has 0 unspecified atom stereocenters. The molecule has 0 aliphatic carbocycles. The number of hydrogen-bond acceptors (Lipinski definition) is 4. The van der Waals surface area contributed by atoms with Crippen LogP contribution in [0.2, 0.25) is 0 Å². The van der Waals surface area contributed by atoms with Crippen LogP contribution < -0.4 is 0 Å². The molecule has 3 aromatic carbocycles. The van der Waals surface area contributed by atoms with Crippen molar-refractivity contribution in [2.75, 3.05) is 0 Å². The second kappa shape index (κ2) is 10.7. The van der Waals surface area contributed by atoms with E-state index in [1.165, 1.54) is 6.92 Å². The van der Waals surface area contributed by atoms with Gasteiger partial charge in [0.05, 0.1) is 20.8 Å². The number of sulfone groups is 1. The molecule has 4 aromatic rings. The largest absolute Gasteiger partial charge is 0.338 e. The number of nitrogens with zero attached hydrogens (tertiary/aromatic N) is 1. The summed E-state index contributed by atoms with van der Waals surface area (Å²) in [6, 6.07) is 20.3. The van der Waals surface area contributed by atoms with Crippen molar-refractivity contribution in [1.82, 2.24) is 9.97 Å². The summed E-state index contributed by atoms with van der Waals surface area (Å²) in [7, 11) is -3.56. The molecule has 5 nitrogen and oxygen atoms in total. The van der Waals surface area contributed by atoms with Gasteiger partial charge in [0, 0.05) is 11.1 Å². The van der Waals surface area contributed by atoms with Gasteiger partial charge in [-0.1, -0.05) is 52.0 Å². The Morgan fingerprint density at radius 1 is 0.774 bits per heavy atom. The lowest BCUT2D eigenvalue weighted by Crippen LogP contribution is -2.01. The first-order valence-corrected chi connectivity index (χ1v) is 11.9. The van der Waals surface area contributed by atoms with Gasteiger partial charge in [0.15, 0.2) is 5.78 Å². The Hall–Kier alpha value is -3.25. The molecule has 0 saturated heterocycles. The van der Waals surface area contributed by atoms with E-state index in [0.717, 1.165) is 11.1 Å². The Bertz CT molecular complexity index is 1240. The standard InChI is InChI=1S/C21H16N2O3S.2C2H6/c1-14(24)18-8-5-9-19-20(18)23-21(22-19)15-10-12-17(13-11-15)27(25,26)16-6-3-2-4-7-16;2*1-2/h2-13H,1H3,(H,22,23);2*1-2H3. The van der Waals surface area contributed by atoms with Gasteiger partial charge in [-0.3, -0.25) is 4.79 Å². The van der Waals surface area contributed by atoms with E-state index < -0.39 is 9.84 Å². The number of carbonyl (C=O) groups excluding carboxylic acids is 1. The highest BCUT2D eigenvalue weighted by Gasteiger charge is 2.18. The van der Waals surface area contributed by atoms with E-state index in [-0.39, 0.29) is 15.6 Å². The SMILES string of the molecule is CC.CC.CC(=O)c1cccc2[nH]c(-c3ccc(S(=O)(=O)c4ccccc4)cc3)nc12. The summed E-state index contributed by atoms with van der Waals surface area (Å²) in [6.45, 7) is 9.51. The Kier molecular flexibility index (Phi) is 8.28. The fourth-order valence-corrected chi connectivity index (χ4v) is 4.26. The maximum absolute atomic E-state index is 12.7. The molecule has 0 spiro atoms. The Labute approximate surface area is 184 Å². The van der Waals surface area contributed by atoms with E-state index in [9.17, 15) is 13.2 Å². The van der Waals surface area contributed by atoms with Crippen LogP contribution >= 0.6 is 0 Å². The molecule has 6 heteroatoms. The van der Waals surface area contributed by atoms with Crippen LogP contribution in [-0.4, -0.2) is 24.2 Å². The molecular formula is C25H28N2O3S. The molecular weight excluding hydrogens is 408 g/mol. The van der Waals surface area contributed by atoms with Crippen molar-refractivity contribution in [2.45, 2.75) is 44.4 Å². The number of imidazole rings is 1. The van der Waals surface area contributed by atoms with Crippen molar-refractivity contribution in [3.8, 4) is 11.4 Å². The number of ketones is 1. The van der Waals surface area contributed by atoms with E-state index in [0.29, 0.717) is 16.9 Å². The minimum atomic E-state index is -3.56. The number of benzene rings is 3. The van der Waals surface area contributed by atoms with Gasteiger partial charge in [0.25, 0.3) is 0 Å². The van der Waals surface area contributed by atoms with Crippen molar-refractivity contribution in [3.63, 3.8) is 0 Å². The lowest BCUT2D eigenvalue weighted by Gasteiger charge is -2.05. The number of carbonyl (C=O) groups is 1. The van der Waals surface area contributed by atoms with Crippen LogP contribution in [0, 0.1) is 0 Å². The number of nitrogens with one attached hydrogen (secondary N) is 1. The van der Waals surface area contributed by atoms with Crippen LogP contribution in [-0.2, 0) is 9.84 Å². The fourth-order valence-electron chi connectivity index (χ4n) is 2.98. The van der Waals surface area contributed by atoms with Gasteiger partial charge in [0.1, 0.15) is 5.82 Å². The first-order chi connectivity index (χ1) is 15.0. The normalized spacial score (nSPS) is 10.5. The maximum Gasteiger partial charge on any atom is 0.206 e. The van der Waals surface area contributed by atoms with Crippen molar-refractivity contribution in [1.29, 1.82) is 0 Å². The molecule has 1 aromatic heterocycles. The Morgan fingerprint density at radius 3 is 1.94 bits per heavy atom. The number of hydrogen-bond donors (Lipinski definition) is 1. The van der Waals surface area contributed by atoms with Crippen LogP contribution in [0.25, 0.3) is 22.4 Å². The average molecular weight is 437 g/mol. The zero-order chi connectivity index (χ0) is 23.0. The van der Waals surface area contributed by atoms with Gasteiger partial charge in [-0.05, 0) is 55.5 Å². The molecule has 0 radical (unpaired) electrons. The van der Waals surface area contributed by atoms with E-state index in [1.807, 2.05) is 33.8 Å². The molecule has 1 N–H and O–H groups in total. The summed E-state index contributed by atoms with van der Waals surface area (Å²) in [5.41, 5.74) is 2.67. The lowest BCUT2D eigenvalue weighted by atomic mass is 10.1. The topological polar surface area (TPSA) is 79.9 Å². The first-order valence-electron chi connectivity index (χ1n) is 10.4. The number of rotatable bonds is 4. The van der Waals surface area contributed by atoms with Gasteiger partial charge in [-0.2, -0.15) is 0 Å². The quantitative estimate of drug-likeness (QED) is 0.380. The molecule has 1 heterocycles. The van der Waals surface area contributed by atoms with E-state index >= 15 is 0 Å². The van der Waals surface area contributed by atoms with Crippen molar-refractivity contribution >= 4 is 26.7 Å². The van der Waals surface area contributed by atoms with Crippen LogP contribution in [0.4, 0.5) is 0 Å². The smallest absolute Gasteiger partial charge is 0.206 e. The van der Waals surface area contributed by atoms with Crippen molar-refractivity contribution < 1.29 is 13.2 Å². The number of aromatic amines is 1. The van der Waals surface area contributed by atoms with Crippen molar-refractivity contribution in [3.05, 3.63) is 78.4 Å². The molecule has 0 saturated carbocycles. The first kappa shape index (κ1) is 24.0. The van der Waals surface area contributed by atoms with Gasteiger partial charge < -0.3 is 4.98 Å². The highest BCUT2D eigenvalue weighted by Crippen LogP contribution is 2.26. The minimum absolute atomic E-state index is 0.0528. The molecule has 0 aliphatic heterocycles. The lowest BCUT2D eigenvalue weighted by molar-refractivity contribution is 0.101.